The Balaban J connectivity index is 2.16. The molecule has 0 radical (unpaired) electrons. The summed E-state index contributed by atoms with van der Waals surface area (Å²) in [4.78, 5) is 16.8. The Hall–Kier alpha value is -1.07. The zero-order valence-corrected chi connectivity index (χ0v) is 12.9. The van der Waals surface area contributed by atoms with Crippen molar-refractivity contribution in [2.45, 2.75) is 6.92 Å². The smallest absolute Gasteiger partial charge is 0.258 e. The van der Waals surface area contributed by atoms with Crippen LogP contribution >= 0.6 is 15.9 Å². The van der Waals surface area contributed by atoms with Gasteiger partial charge < -0.3 is 14.5 Å². The van der Waals surface area contributed by atoms with Crippen LogP contribution in [0.4, 0.5) is 0 Å². The van der Waals surface area contributed by atoms with Gasteiger partial charge in [-0.3, -0.25) is 4.79 Å². The molecule has 0 aliphatic carbocycles. The van der Waals surface area contributed by atoms with Gasteiger partial charge in [0.15, 0.2) is 0 Å². The number of benzene rings is 1. The molecule has 1 heterocycles. The van der Waals surface area contributed by atoms with Gasteiger partial charge in [0.1, 0.15) is 5.75 Å². The minimum atomic E-state index is 0.0417. The van der Waals surface area contributed by atoms with Crippen LogP contribution in [0.2, 0.25) is 0 Å². The van der Waals surface area contributed by atoms with Crippen molar-refractivity contribution >= 4 is 21.8 Å². The van der Waals surface area contributed by atoms with E-state index < -0.39 is 0 Å². The van der Waals surface area contributed by atoms with Crippen LogP contribution < -0.4 is 4.74 Å². The largest absolute Gasteiger partial charge is 0.496 e. The molecule has 5 heteroatoms. The molecule has 0 spiro atoms. The maximum atomic E-state index is 12.6. The van der Waals surface area contributed by atoms with Crippen LogP contribution in [0.1, 0.15) is 17.3 Å². The van der Waals surface area contributed by atoms with Crippen molar-refractivity contribution in [3.63, 3.8) is 0 Å². The number of carbonyl (C=O) groups excluding carboxylic acids is 1. The van der Waals surface area contributed by atoms with Crippen LogP contribution in [0.3, 0.4) is 0 Å². The molecule has 0 aromatic heterocycles. The third-order valence-corrected chi connectivity index (χ3v) is 4.18. The minimum Gasteiger partial charge on any atom is -0.496 e. The van der Waals surface area contributed by atoms with E-state index >= 15 is 0 Å². The summed E-state index contributed by atoms with van der Waals surface area (Å²) in [5, 5.41) is 0. The summed E-state index contributed by atoms with van der Waals surface area (Å²) in [6, 6.07) is 5.56. The number of carbonyl (C=O) groups is 1. The molecule has 1 aromatic rings. The first kappa shape index (κ1) is 14.3. The van der Waals surface area contributed by atoms with Gasteiger partial charge in [0, 0.05) is 30.7 Å². The van der Waals surface area contributed by atoms with Gasteiger partial charge in [-0.05, 0) is 34.6 Å². The van der Waals surface area contributed by atoms with Crippen molar-refractivity contribution in [3.05, 3.63) is 28.2 Å². The summed E-state index contributed by atoms with van der Waals surface area (Å²) in [6.45, 7) is 6.62. The molecule has 1 amide bonds. The SMILES string of the molecule is CCN1CCN(C(=O)c2c(Br)cccc2OC)CC1. The molecular formula is C14H19BrN2O2. The van der Waals surface area contributed by atoms with E-state index in [2.05, 4.69) is 27.8 Å². The predicted octanol–water partition coefficient (Wildman–Crippen LogP) is 2.24. The van der Waals surface area contributed by atoms with Crippen LogP contribution in [-0.2, 0) is 0 Å². The van der Waals surface area contributed by atoms with Crippen LogP contribution in [-0.4, -0.2) is 55.5 Å². The number of rotatable bonds is 3. The lowest BCUT2D eigenvalue weighted by molar-refractivity contribution is 0.0639. The fourth-order valence-corrected chi connectivity index (χ4v) is 2.82. The lowest BCUT2D eigenvalue weighted by Gasteiger charge is -2.34. The Kier molecular flexibility index (Phi) is 4.82. The first-order valence-electron chi connectivity index (χ1n) is 6.51. The molecular weight excluding hydrogens is 308 g/mol. The van der Waals surface area contributed by atoms with Gasteiger partial charge in [0.25, 0.3) is 5.91 Å². The molecule has 0 atom stereocenters. The number of amides is 1. The van der Waals surface area contributed by atoms with E-state index in [1.54, 1.807) is 7.11 Å². The van der Waals surface area contributed by atoms with Gasteiger partial charge in [-0.15, -0.1) is 0 Å². The van der Waals surface area contributed by atoms with Gasteiger partial charge in [0.2, 0.25) is 0 Å². The summed E-state index contributed by atoms with van der Waals surface area (Å²) in [7, 11) is 1.59. The molecule has 2 rings (SSSR count). The number of piperazine rings is 1. The van der Waals surface area contributed by atoms with Gasteiger partial charge in [-0.25, -0.2) is 0 Å². The lowest BCUT2D eigenvalue weighted by atomic mass is 10.1. The molecule has 104 valence electrons. The summed E-state index contributed by atoms with van der Waals surface area (Å²) in [5.41, 5.74) is 0.620. The van der Waals surface area contributed by atoms with Crippen molar-refractivity contribution < 1.29 is 9.53 Å². The monoisotopic (exact) mass is 326 g/mol. The van der Waals surface area contributed by atoms with E-state index in [4.69, 9.17) is 4.74 Å². The number of methoxy groups -OCH3 is 1. The molecule has 0 N–H and O–H groups in total. The minimum absolute atomic E-state index is 0.0417. The summed E-state index contributed by atoms with van der Waals surface area (Å²) in [5.74, 6) is 0.664. The number of ether oxygens (including phenoxy) is 1. The number of hydrogen-bond donors (Lipinski definition) is 0. The molecule has 1 aromatic carbocycles. The third kappa shape index (κ3) is 3.09. The van der Waals surface area contributed by atoms with Crippen molar-refractivity contribution in [3.8, 4) is 5.75 Å². The number of halogens is 1. The zero-order valence-electron chi connectivity index (χ0n) is 11.4. The van der Waals surface area contributed by atoms with Crippen LogP contribution in [0.5, 0.6) is 5.75 Å². The van der Waals surface area contributed by atoms with Gasteiger partial charge in [-0.2, -0.15) is 0 Å². The highest BCUT2D eigenvalue weighted by Crippen LogP contribution is 2.28. The number of hydrogen-bond acceptors (Lipinski definition) is 3. The molecule has 1 aliphatic heterocycles. The Morgan fingerprint density at radius 3 is 2.58 bits per heavy atom. The fourth-order valence-electron chi connectivity index (χ4n) is 2.31. The Morgan fingerprint density at radius 1 is 1.32 bits per heavy atom. The molecule has 1 fully saturated rings. The van der Waals surface area contributed by atoms with Gasteiger partial charge >= 0.3 is 0 Å². The average Bonchev–Trinajstić information content (AvgIpc) is 2.46. The molecule has 1 saturated heterocycles. The fraction of sp³-hybridized carbons (Fsp3) is 0.500. The van der Waals surface area contributed by atoms with E-state index in [1.807, 2.05) is 23.1 Å². The summed E-state index contributed by atoms with van der Waals surface area (Å²) < 4.78 is 6.08. The Bertz CT molecular complexity index is 457. The third-order valence-electron chi connectivity index (χ3n) is 3.52. The van der Waals surface area contributed by atoms with Gasteiger partial charge in [-0.1, -0.05) is 13.0 Å². The van der Waals surface area contributed by atoms with Crippen molar-refractivity contribution in [2.24, 2.45) is 0 Å². The average molecular weight is 327 g/mol. The molecule has 0 unspecified atom stereocenters. The summed E-state index contributed by atoms with van der Waals surface area (Å²) in [6.07, 6.45) is 0. The molecule has 4 nitrogen and oxygen atoms in total. The van der Waals surface area contributed by atoms with Crippen LogP contribution in [0.15, 0.2) is 22.7 Å². The quantitative estimate of drug-likeness (QED) is 0.854. The summed E-state index contributed by atoms with van der Waals surface area (Å²) >= 11 is 3.44. The first-order chi connectivity index (χ1) is 9.17. The molecule has 0 saturated carbocycles. The zero-order chi connectivity index (χ0) is 13.8. The standard InChI is InChI=1S/C14H19BrN2O2/c1-3-16-7-9-17(10-8-16)14(18)13-11(15)5-4-6-12(13)19-2/h4-6H,3,7-10H2,1-2H3. The van der Waals surface area contributed by atoms with E-state index in [0.717, 1.165) is 37.2 Å². The number of nitrogens with zero attached hydrogens (tertiary/aromatic N) is 2. The second-order valence-electron chi connectivity index (χ2n) is 4.54. The van der Waals surface area contributed by atoms with E-state index in [0.29, 0.717) is 11.3 Å². The first-order valence-corrected chi connectivity index (χ1v) is 7.30. The topological polar surface area (TPSA) is 32.8 Å². The maximum Gasteiger partial charge on any atom is 0.258 e. The van der Waals surface area contributed by atoms with Crippen molar-refractivity contribution in [2.75, 3.05) is 39.8 Å². The molecule has 0 bridgehead atoms. The molecule has 1 aliphatic rings. The second-order valence-corrected chi connectivity index (χ2v) is 5.40. The number of likely N-dealkylation sites (N-methyl/N-ethyl adjacent to an activating group) is 1. The van der Waals surface area contributed by atoms with Crippen LogP contribution in [0.25, 0.3) is 0 Å². The van der Waals surface area contributed by atoms with E-state index in [1.165, 1.54) is 0 Å². The highest BCUT2D eigenvalue weighted by molar-refractivity contribution is 9.10. The van der Waals surface area contributed by atoms with Crippen molar-refractivity contribution in [1.29, 1.82) is 0 Å². The Morgan fingerprint density at radius 2 is 2.00 bits per heavy atom. The predicted molar refractivity (Wildman–Crippen MR) is 78.7 cm³/mol. The maximum absolute atomic E-state index is 12.6. The Labute approximate surface area is 122 Å². The second kappa shape index (κ2) is 6.39. The normalized spacial score (nSPS) is 16.5. The lowest BCUT2D eigenvalue weighted by Crippen LogP contribution is -2.48. The highest BCUT2D eigenvalue weighted by atomic mass is 79.9. The van der Waals surface area contributed by atoms with Crippen molar-refractivity contribution in [1.82, 2.24) is 9.80 Å². The van der Waals surface area contributed by atoms with E-state index in [-0.39, 0.29) is 5.91 Å². The molecule has 19 heavy (non-hydrogen) atoms. The van der Waals surface area contributed by atoms with E-state index in [9.17, 15) is 4.79 Å². The van der Waals surface area contributed by atoms with Crippen LogP contribution in [0, 0.1) is 0 Å². The van der Waals surface area contributed by atoms with Gasteiger partial charge in [0.05, 0.1) is 12.7 Å². The highest BCUT2D eigenvalue weighted by Gasteiger charge is 2.25.